The third kappa shape index (κ3) is 5.55. The van der Waals surface area contributed by atoms with E-state index in [1.54, 1.807) is 24.8 Å². The molecule has 1 aliphatic rings. The highest BCUT2D eigenvalue weighted by molar-refractivity contribution is 5.85. The van der Waals surface area contributed by atoms with Crippen molar-refractivity contribution in [3.05, 3.63) is 65.1 Å². The fourth-order valence-corrected chi connectivity index (χ4v) is 4.11. The van der Waals surface area contributed by atoms with Crippen molar-refractivity contribution < 1.29 is 27.5 Å². The van der Waals surface area contributed by atoms with Gasteiger partial charge in [0.25, 0.3) is 0 Å². The number of amides is 2. The van der Waals surface area contributed by atoms with Crippen LogP contribution in [0, 0.1) is 0 Å². The van der Waals surface area contributed by atoms with Gasteiger partial charge in [0.05, 0.1) is 5.69 Å². The minimum Gasteiger partial charge on any atom is -0.445 e. The number of aromatic nitrogens is 3. The van der Waals surface area contributed by atoms with Crippen LogP contribution in [0.25, 0.3) is 5.65 Å². The topological polar surface area (TPSA) is 88.8 Å². The Hall–Kier alpha value is -3.63. The Kier molecular flexibility index (Phi) is 6.95. The molecule has 3 heterocycles. The monoisotopic (exact) mass is 489 g/mol. The number of nitrogens with zero attached hydrogens (tertiary/aromatic N) is 4. The quantitative estimate of drug-likeness (QED) is 0.567. The molecule has 1 fully saturated rings. The first kappa shape index (κ1) is 24.5. The van der Waals surface area contributed by atoms with Crippen molar-refractivity contribution >= 4 is 17.6 Å². The summed E-state index contributed by atoms with van der Waals surface area (Å²) in [5, 5.41) is 6.72. The smallest absolute Gasteiger partial charge is 0.433 e. The summed E-state index contributed by atoms with van der Waals surface area (Å²) in [4.78, 5) is 30.8. The second-order valence-corrected chi connectivity index (χ2v) is 8.52. The Bertz CT molecular complexity index is 1210. The average molecular weight is 489 g/mol. The summed E-state index contributed by atoms with van der Waals surface area (Å²) < 4.78 is 46.6. The molecule has 2 amide bonds. The standard InChI is InChI=1S/C24H26F3N5O3/c1-3-18-11-20(24(25,26)27)32-21(29-18)12-19(30-32)17-9-10-31(13-17)22(33)15(2)28-23(34)35-14-16-7-5-4-6-8-16/h4-8,11-12,15,17H,3,9-10,13-14H2,1-2H3,(H,28,34)/t15-,17+/m1/s1. The maximum atomic E-state index is 13.5. The van der Waals surface area contributed by atoms with Crippen LogP contribution in [0.5, 0.6) is 0 Å². The molecule has 4 rings (SSSR count). The highest BCUT2D eigenvalue weighted by Gasteiger charge is 2.36. The summed E-state index contributed by atoms with van der Waals surface area (Å²) in [6, 6.07) is 10.9. The summed E-state index contributed by atoms with van der Waals surface area (Å²) >= 11 is 0. The molecule has 0 unspecified atom stereocenters. The Morgan fingerprint density at radius 3 is 2.66 bits per heavy atom. The molecule has 0 aliphatic carbocycles. The number of benzene rings is 1. The van der Waals surface area contributed by atoms with Crippen molar-refractivity contribution in [1.82, 2.24) is 24.8 Å². The van der Waals surface area contributed by atoms with Gasteiger partial charge in [-0.15, -0.1) is 0 Å². The normalized spacial score (nSPS) is 16.9. The van der Waals surface area contributed by atoms with Gasteiger partial charge in [0.15, 0.2) is 5.65 Å². The molecule has 1 saturated heterocycles. The lowest BCUT2D eigenvalue weighted by atomic mass is 10.1. The van der Waals surface area contributed by atoms with E-state index in [9.17, 15) is 22.8 Å². The van der Waals surface area contributed by atoms with E-state index >= 15 is 0 Å². The SMILES string of the molecule is CCc1cc(C(F)(F)F)n2nc([C@H]3CCN(C(=O)[C@@H](C)NC(=O)OCc4ccccc4)C3)cc2n1. The maximum absolute atomic E-state index is 13.5. The second kappa shape index (κ2) is 9.93. The van der Waals surface area contributed by atoms with Crippen LogP contribution in [0.2, 0.25) is 0 Å². The van der Waals surface area contributed by atoms with Gasteiger partial charge in [0, 0.05) is 30.8 Å². The molecule has 2 atom stereocenters. The van der Waals surface area contributed by atoms with Crippen molar-refractivity contribution in [1.29, 1.82) is 0 Å². The molecule has 0 radical (unpaired) electrons. The van der Waals surface area contributed by atoms with Gasteiger partial charge in [0.2, 0.25) is 5.91 Å². The Balaban J connectivity index is 1.39. The lowest BCUT2D eigenvalue weighted by Gasteiger charge is -2.21. The number of fused-ring (bicyclic) bond motifs is 1. The molecular formula is C24H26F3N5O3. The molecule has 1 aliphatic heterocycles. The molecule has 0 spiro atoms. The zero-order valence-electron chi connectivity index (χ0n) is 19.4. The van der Waals surface area contributed by atoms with E-state index < -0.39 is 24.0 Å². The molecule has 3 aromatic rings. The van der Waals surface area contributed by atoms with Crippen molar-refractivity contribution in [2.24, 2.45) is 0 Å². The highest BCUT2D eigenvalue weighted by Crippen LogP contribution is 2.32. The van der Waals surface area contributed by atoms with Crippen LogP contribution in [0.4, 0.5) is 18.0 Å². The van der Waals surface area contributed by atoms with Gasteiger partial charge in [-0.3, -0.25) is 4.79 Å². The number of ether oxygens (including phenoxy) is 1. The predicted octanol–water partition coefficient (Wildman–Crippen LogP) is 3.94. The zero-order valence-corrected chi connectivity index (χ0v) is 19.4. The van der Waals surface area contributed by atoms with Gasteiger partial charge < -0.3 is 15.0 Å². The number of carbonyl (C=O) groups excluding carboxylic acids is 2. The van der Waals surface area contributed by atoms with Crippen LogP contribution in [0.15, 0.2) is 42.5 Å². The number of nitrogens with one attached hydrogen (secondary N) is 1. The first-order valence-electron chi connectivity index (χ1n) is 11.4. The molecule has 1 aromatic carbocycles. The summed E-state index contributed by atoms with van der Waals surface area (Å²) in [6.07, 6.45) is -4.36. The fourth-order valence-electron chi connectivity index (χ4n) is 4.11. The number of likely N-dealkylation sites (tertiary alicyclic amines) is 1. The Morgan fingerprint density at radius 2 is 1.97 bits per heavy atom. The van der Waals surface area contributed by atoms with E-state index in [1.165, 1.54) is 0 Å². The van der Waals surface area contributed by atoms with E-state index in [1.807, 2.05) is 30.3 Å². The molecule has 35 heavy (non-hydrogen) atoms. The summed E-state index contributed by atoms with van der Waals surface area (Å²) in [6.45, 7) is 4.08. The number of aryl methyl sites for hydroxylation is 1. The van der Waals surface area contributed by atoms with E-state index in [0.717, 1.165) is 16.1 Å². The van der Waals surface area contributed by atoms with Crippen LogP contribution in [-0.4, -0.2) is 50.6 Å². The van der Waals surface area contributed by atoms with Gasteiger partial charge in [0.1, 0.15) is 18.3 Å². The zero-order chi connectivity index (χ0) is 25.2. The first-order chi connectivity index (χ1) is 16.7. The van der Waals surface area contributed by atoms with Crippen LogP contribution in [-0.2, 0) is 28.7 Å². The first-order valence-corrected chi connectivity index (χ1v) is 11.4. The minimum absolute atomic E-state index is 0.0843. The van der Waals surface area contributed by atoms with E-state index in [-0.39, 0.29) is 30.6 Å². The third-order valence-corrected chi connectivity index (χ3v) is 5.99. The highest BCUT2D eigenvalue weighted by atomic mass is 19.4. The van der Waals surface area contributed by atoms with Crippen molar-refractivity contribution in [3.8, 4) is 0 Å². The molecule has 0 saturated carbocycles. The van der Waals surface area contributed by atoms with Crippen molar-refractivity contribution in [3.63, 3.8) is 0 Å². The van der Waals surface area contributed by atoms with E-state index in [2.05, 4.69) is 15.4 Å². The Morgan fingerprint density at radius 1 is 1.23 bits per heavy atom. The fraction of sp³-hybridized carbons (Fsp3) is 0.417. The number of rotatable bonds is 6. The summed E-state index contributed by atoms with van der Waals surface area (Å²) in [5.41, 5.74) is 0.870. The number of carbonyl (C=O) groups is 2. The van der Waals surface area contributed by atoms with Gasteiger partial charge in [-0.25, -0.2) is 14.3 Å². The average Bonchev–Trinajstić information content (AvgIpc) is 3.48. The molecular weight excluding hydrogens is 463 g/mol. The van der Waals surface area contributed by atoms with Crippen LogP contribution in [0.3, 0.4) is 0 Å². The number of hydrogen-bond donors (Lipinski definition) is 1. The van der Waals surface area contributed by atoms with Crippen molar-refractivity contribution in [2.45, 2.75) is 51.4 Å². The lowest BCUT2D eigenvalue weighted by molar-refractivity contribution is -0.142. The van der Waals surface area contributed by atoms with Crippen LogP contribution in [0.1, 0.15) is 48.8 Å². The molecule has 1 N–H and O–H groups in total. The maximum Gasteiger partial charge on any atom is 0.433 e. The summed E-state index contributed by atoms with van der Waals surface area (Å²) in [5.74, 6) is -0.528. The Labute approximate surface area is 200 Å². The van der Waals surface area contributed by atoms with Gasteiger partial charge in [-0.05, 0) is 31.4 Å². The van der Waals surface area contributed by atoms with Gasteiger partial charge in [-0.1, -0.05) is 37.3 Å². The molecule has 2 aromatic heterocycles. The number of alkyl halides is 3. The number of alkyl carbamates (subject to hydrolysis) is 1. The molecule has 0 bridgehead atoms. The lowest BCUT2D eigenvalue weighted by Crippen LogP contribution is -2.46. The number of hydrogen-bond acceptors (Lipinski definition) is 5. The van der Waals surface area contributed by atoms with Crippen LogP contribution < -0.4 is 5.32 Å². The number of halogens is 3. The predicted molar refractivity (Wildman–Crippen MR) is 121 cm³/mol. The largest absolute Gasteiger partial charge is 0.445 e. The summed E-state index contributed by atoms with van der Waals surface area (Å²) in [7, 11) is 0. The van der Waals surface area contributed by atoms with Crippen LogP contribution >= 0.6 is 0 Å². The van der Waals surface area contributed by atoms with Crippen molar-refractivity contribution in [2.75, 3.05) is 13.1 Å². The van der Waals surface area contributed by atoms with Gasteiger partial charge >= 0.3 is 12.3 Å². The molecule has 186 valence electrons. The van der Waals surface area contributed by atoms with E-state index in [0.29, 0.717) is 30.8 Å². The third-order valence-electron chi connectivity index (χ3n) is 5.99. The minimum atomic E-state index is -4.57. The second-order valence-electron chi connectivity index (χ2n) is 8.52. The molecule has 11 heteroatoms. The molecule has 8 nitrogen and oxygen atoms in total. The van der Waals surface area contributed by atoms with E-state index in [4.69, 9.17) is 4.74 Å². The van der Waals surface area contributed by atoms with Gasteiger partial charge in [-0.2, -0.15) is 18.3 Å².